The standard InChI is InChI=1S/C21H25ClN2O5S/c1-14-12-17(5-7-19(14)28-2)30(26,27)24-10-8-15(9-11-24)21(25)23-16-4-6-20(29-3)18(22)13-16/h4-7,12-13,15H,8-11H2,1-3H3,(H,23,25). The van der Waals surface area contributed by atoms with Gasteiger partial charge in [-0.05, 0) is 61.7 Å². The molecule has 0 aromatic heterocycles. The van der Waals surface area contributed by atoms with Gasteiger partial charge < -0.3 is 14.8 Å². The summed E-state index contributed by atoms with van der Waals surface area (Å²) in [5.41, 5.74) is 1.33. The highest BCUT2D eigenvalue weighted by Gasteiger charge is 2.32. The number of benzene rings is 2. The number of sulfonamides is 1. The quantitative estimate of drug-likeness (QED) is 0.722. The van der Waals surface area contributed by atoms with E-state index in [9.17, 15) is 13.2 Å². The molecular weight excluding hydrogens is 428 g/mol. The molecule has 1 fully saturated rings. The average molecular weight is 453 g/mol. The zero-order valence-corrected chi connectivity index (χ0v) is 18.7. The van der Waals surface area contributed by atoms with E-state index in [2.05, 4.69) is 5.32 Å². The number of halogens is 1. The molecule has 1 aliphatic heterocycles. The first-order chi connectivity index (χ1) is 14.3. The number of nitrogens with zero attached hydrogens (tertiary/aromatic N) is 1. The Morgan fingerprint density at radius 1 is 1.07 bits per heavy atom. The van der Waals surface area contributed by atoms with Gasteiger partial charge in [-0.15, -0.1) is 0 Å². The number of amides is 1. The third kappa shape index (κ3) is 4.71. The van der Waals surface area contributed by atoms with E-state index in [1.54, 1.807) is 50.4 Å². The molecule has 0 aliphatic carbocycles. The topological polar surface area (TPSA) is 84.9 Å². The molecule has 0 unspecified atom stereocenters. The summed E-state index contributed by atoms with van der Waals surface area (Å²) in [6.45, 7) is 2.38. The van der Waals surface area contributed by atoms with Gasteiger partial charge in [-0.2, -0.15) is 4.31 Å². The predicted octanol–water partition coefficient (Wildman–Crippen LogP) is 3.71. The summed E-state index contributed by atoms with van der Waals surface area (Å²) in [6, 6.07) is 9.85. The summed E-state index contributed by atoms with van der Waals surface area (Å²) in [4.78, 5) is 12.8. The van der Waals surface area contributed by atoms with Crippen molar-refractivity contribution in [2.24, 2.45) is 5.92 Å². The van der Waals surface area contributed by atoms with Crippen molar-refractivity contribution in [3.63, 3.8) is 0 Å². The molecular formula is C21H25ClN2O5S. The molecule has 0 atom stereocenters. The molecule has 9 heteroatoms. The first-order valence-corrected chi connectivity index (χ1v) is 11.4. The zero-order chi connectivity index (χ0) is 21.9. The fourth-order valence-electron chi connectivity index (χ4n) is 3.51. The number of nitrogens with one attached hydrogen (secondary N) is 1. The lowest BCUT2D eigenvalue weighted by Gasteiger charge is -2.30. The smallest absolute Gasteiger partial charge is 0.243 e. The maximum Gasteiger partial charge on any atom is 0.243 e. The Morgan fingerprint density at radius 2 is 1.70 bits per heavy atom. The predicted molar refractivity (Wildman–Crippen MR) is 116 cm³/mol. The van der Waals surface area contributed by atoms with E-state index in [0.29, 0.717) is 35.1 Å². The number of aryl methyl sites for hydroxylation is 1. The molecule has 1 amide bonds. The number of carbonyl (C=O) groups excluding carboxylic acids is 1. The van der Waals surface area contributed by atoms with Gasteiger partial charge in [-0.25, -0.2) is 8.42 Å². The molecule has 2 aromatic carbocycles. The first-order valence-electron chi connectivity index (χ1n) is 9.55. The van der Waals surface area contributed by atoms with Crippen LogP contribution in [0.25, 0.3) is 0 Å². The highest BCUT2D eigenvalue weighted by molar-refractivity contribution is 7.89. The van der Waals surface area contributed by atoms with E-state index >= 15 is 0 Å². The second-order valence-corrected chi connectivity index (χ2v) is 9.49. The largest absolute Gasteiger partial charge is 0.496 e. The molecule has 162 valence electrons. The molecule has 1 heterocycles. The molecule has 1 N–H and O–H groups in total. The van der Waals surface area contributed by atoms with Crippen LogP contribution in [0.15, 0.2) is 41.3 Å². The number of methoxy groups -OCH3 is 2. The number of piperidine rings is 1. The Hall–Kier alpha value is -2.29. The number of carbonyl (C=O) groups is 1. The molecule has 0 radical (unpaired) electrons. The van der Waals surface area contributed by atoms with Gasteiger partial charge in [0.15, 0.2) is 0 Å². The minimum absolute atomic E-state index is 0.145. The fraction of sp³-hybridized carbons (Fsp3) is 0.381. The summed E-state index contributed by atoms with van der Waals surface area (Å²) >= 11 is 6.10. The van der Waals surface area contributed by atoms with Crippen LogP contribution in [0.5, 0.6) is 11.5 Å². The van der Waals surface area contributed by atoms with Crippen molar-refractivity contribution in [1.29, 1.82) is 0 Å². The summed E-state index contributed by atoms with van der Waals surface area (Å²) in [6.07, 6.45) is 0.897. The van der Waals surface area contributed by atoms with Crippen molar-refractivity contribution >= 4 is 33.2 Å². The molecule has 3 rings (SSSR count). The van der Waals surface area contributed by atoms with E-state index in [-0.39, 0.29) is 29.8 Å². The average Bonchev–Trinajstić information content (AvgIpc) is 2.74. The van der Waals surface area contributed by atoms with Gasteiger partial charge in [0.1, 0.15) is 11.5 Å². The molecule has 0 spiro atoms. The molecule has 7 nitrogen and oxygen atoms in total. The Morgan fingerprint density at radius 3 is 2.27 bits per heavy atom. The molecule has 30 heavy (non-hydrogen) atoms. The first kappa shape index (κ1) is 22.4. The maximum absolute atomic E-state index is 13.0. The monoisotopic (exact) mass is 452 g/mol. The van der Waals surface area contributed by atoms with Crippen molar-refractivity contribution < 1.29 is 22.7 Å². The zero-order valence-electron chi connectivity index (χ0n) is 17.1. The highest BCUT2D eigenvalue weighted by Crippen LogP contribution is 2.30. The van der Waals surface area contributed by atoms with Crippen LogP contribution in [-0.4, -0.2) is 45.9 Å². The molecule has 2 aromatic rings. The van der Waals surface area contributed by atoms with E-state index in [1.165, 1.54) is 11.4 Å². The van der Waals surface area contributed by atoms with Crippen molar-refractivity contribution in [2.75, 3.05) is 32.6 Å². The van der Waals surface area contributed by atoms with Crippen molar-refractivity contribution in [2.45, 2.75) is 24.7 Å². The van der Waals surface area contributed by atoms with Crippen molar-refractivity contribution in [1.82, 2.24) is 4.31 Å². The van der Waals surface area contributed by atoms with Gasteiger partial charge in [-0.3, -0.25) is 4.79 Å². The Kier molecular flexibility index (Phi) is 6.90. The van der Waals surface area contributed by atoms with E-state index < -0.39 is 10.0 Å². The number of anilines is 1. The van der Waals surface area contributed by atoms with Crippen LogP contribution in [0.3, 0.4) is 0 Å². The summed E-state index contributed by atoms with van der Waals surface area (Å²) in [5.74, 6) is 0.758. The SMILES string of the molecule is COc1ccc(S(=O)(=O)N2CCC(C(=O)Nc3ccc(OC)c(Cl)c3)CC2)cc1C. The van der Waals surface area contributed by atoms with E-state index in [4.69, 9.17) is 21.1 Å². The molecule has 1 aliphatic rings. The Balaban J connectivity index is 1.63. The van der Waals surface area contributed by atoms with Crippen LogP contribution in [0.4, 0.5) is 5.69 Å². The third-order valence-corrected chi connectivity index (χ3v) is 7.44. The van der Waals surface area contributed by atoms with Gasteiger partial charge in [0.25, 0.3) is 0 Å². The van der Waals surface area contributed by atoms with Gasteiger partial charge in [0.2, 0.25) is 15.9 Å². The van der Waals surface area contributed by atoms with Gasteiger partial charge >= 0.3 is 0 Å². The highest BCUT2D eigenvalue weighted by atomic mass is 35.5. The Bertz CT molecular complexity index is 1030. The number of hydrogen-bond acceptors (Lipinski definition) is 5. The van der Waals surface area contributed by atoms with Crippen molar-refractivity contribution in [3.8, 4) is 11.5 Å². The third-order valence-electron chi connectivity index (χ3n) is 5.25. The summed E-state index contributed by atoms with van der Waals surface area (Å²) < 4.78 is 37.7. The number of rotatable bonds is 6. The second kappa shape index (κ2) is 9.24. The normalized spacial score (nSPS) is 15.6. The number of ether oxygens (including phenoxy) is 2. The Labute approximate surface area is 182 Å². The van der Waals surface area contributed by atoms with Crippen LogP contribution >= 0.6 is 11.6 Å². The van der Waals surface area contributed by atoms with Crippen LogP contribution in [0, 0.1) is 12.8 Å². The van der Waals surface area contributed by atoms with Gasteiger partial charge in [-0.1, -0.05) is 11.6 Å². The lowest BCUT2D eigenvalue weighted by atomic mass is 9.97. The second-order valence-electron chi connectivity index (χ2n) is 7.15. The van der Waals surface area contributed by atoms with E-state index in [1.807, 2.05) is 0 Å². The lowest BCUT2D eigenvalue weighted by molar-refractivity contribution is -0.120. The number of hydrogen-bond donors (Lipinski definition) is 1. The van der Waals surface area contributed by atoms with Gasteiger partial charge in [0, 0.05) is 24.7 Å². The lowest BCUT2D eigenvalue weighted by Crippen LogP contribution is -2.41. The van der Waals surface area contributed by atoms with Crippen LogP contribution in [0.1, 0.15) is 18.4 Å². The summed E-state index contributed by atoms with van der Waals surface area (Å²) in [5, 5.41) is 3.26. The summed E-state index contributed by atoms with van der Waals surface area (Å²) in [7, 11) is -0.546. The fourth-order valence-corrected chi connectivity index (χ4v) is 5.32. The van der Waals surface area contributed by atoms with Crippen molar-refractivity contribution in [3.05, 3.63) is 47.0 Å². The molecule has 0 saturated carbocycles. The van der Waals surface area contributed by atoms with Gasteiger partial charge in [0.05, 0.1) is 24.1 Å². The minimum atomic E-state index is -3.62. The molecule has 0 bridgehead atoms. The van der Waals surface area contributed by atoms with E-state index in [0.717, 1.165) is 5.56 Å². The maximum atomic E-state index is 13.0. The van der Waals surface area contributed by atoms with Crippen LogP contribution < -0.4 is 14.8 Å². The van der Waals surface area contributed by atoms with Crippen LogP contribution in [-0.2, 0) is 14.8 Å². The minimum Gasteiger partial charge on any atom is -0.496 e. The van der Waals surface area contributed by atoms with Crippen LogP contribution in [0.2, 0.25) is 5.02 Å². The molecule has 1 saturated heterocycles.